The third-order valence-corrected chi connectivity index (χ3v) is 3.93. The summed E-state index contributed by atoms with van der Waals surface area (Å²) in [5.41, 5.74) is 4.47. The summed E-state index contributed by atoms with van der Waals surface area (Å²) in [6, 6.07) is 14.1. The zero-order valence-corrected chi connectivity index (χ0v) is 14.2. The van der Waals surface area contributed by atoms with Crippen LogP contribution in [0.25, 0.3) is 0 Å². The molecule has 122 valence electrons. The van der Waals surface area contributed by atoms with Crippen LogP contribution in [-0.4, -0.2) is 12.5 Å². The van der Waals surface area contributed by atoms with E-state index in [1.807, 2.05) is 37.3 Å². The van der Waals surface area contributed by atoms with Crippen LogP contribution in [0.15, 0.2) is 42.5 Å². The van der Waals surface area contributed by atoms with Crippen LogP contribution in [0.5, 0.6) is 5.75 Å². The molecule has 1 amide bonds. The quantitative estimate of drug-likeness (QED) is 0.816. The predicted octanol–water partition coefficient (Wildman–Crippen LogP) is 4.53. The zero-order chi connectivity index (χ0) is 16.7. The van der Waals surface area contributed by atoms with Crippen molar-refractivity contribution < 1.29 is 9.53 Å². The molecule has 0 saturated heterocycles. The largest absolute Gasteiger partial charge is 0.493 e. The van der Waals surface area contributed by atoms with Crippen molar-refractivity contribution in [2.45, 2.75) is 40.0 Å². The monoisotopic (exact) mass is 311 g/mol. The first-order chi connectivity index (χ1) is 11.1. The Morgan fingerprint density at radius 2 is 1.78 bits per heavy atom. The standard InChI is InChI=1S/C20H25NO2/c1-4-16-9-11-18(12-10-16)23-14-13-19(22)21-20-15(3)7-6-8-17(20)5-2/h6-12H,4-5,13-14H2,1-3H3,(H,21,22). The molecular formula is C20H25NO2. The molecule has 0 aromatic heterocycles. The summed E-state index contributed by atoms with van der Waals surface area (Å²) in [4.78, 5) is 12.1. The smallest absolute Gasteiger partial charge is 0.227 e. The Balaban J connectivity index is 1.85. The number of nitrogens with one attached hydrogen (secondary N) is 1. The van der Waals surface area contributed by atoms with Crippen molar-refractivity contribution in [1.29, 1.82) is 0 Å². The normalized spacial score (nSPS) is 10.4. The van der Waals surface area contributed by atoms with Gasteiger partial charge in [-0.05, 0) is 48.6 Å². The molecular weight excluding hydrogens is 286 g/mol. The molecule has 0 saturated carbocycles. The van der Waals surface area contributed by atoms with E-state index in [-0.39, 0.29) is 5.91 Å². The van der Waals surface area contributed by atoms with Gasteiger partial charge in [0.05, 0.1) is 13.0 Å². The van der Waals surface area contributed by atoms with E-state index >= 15 is 0 Å². The van der Waals surface area contributed by atoms with Crippen LogP contribution in [0.2, 0.25) is 0 Å². The SMILES string of the molecule is CCc1ccc(OCCC(=O)Nc2c(C)cccc2CC)cc1. The van der Waals surface area contributed by atoms with Crippen molar-refractivity contribution in [2.75, 3.05) is 11.9 Å². The topological polar surface area (TPSA) is 38.3 Å². The molecule has 0 aliphatic rings. The highest BCUT2D eigenvalue weighted by atomic mass is 16.5. The fourth-order valence-corrected chi connectivity index (χ4v) is 2.49. The molecule has 3 heteroatoms. The van der Waals surface area contributed by atoms with E-state index in [1.165, 1.54) is 5.56 Å². The van der Waals surface area contributed by atoms with Crippen LogP contribution in [-0.2, 0) is 17.6 Å². The maximum atomic E-state index is 12.1. The van der Waals surface area contributed by atoms with Crippen molar-refractivity contribution in [3.05, 3.63) is 59.2 Å². The summed E-state index contributed by atoms with van der Waals surface area (Å²) in [7, 11) is 0. The molecule has 2 rings (SSSR count). The Kier molecular flexibility index (Phi) is 6.21. The van der Waals surface area contributed by atoms with Crippen molar-refractivity contribution >= 4 is 11.6 Å². The number of hydrogen-bond acceptors (Lipinski definition) is 2. The summed E-state index contributed by atoms with van der Waals surface area (Å²) >= 11 is 0. The molecule has 0 spiro atoms. The molecule has 2 aromatic rings. The first-order valence-corrected chi connectivity index (χ1v) is 8.24. The molecule has 0 atom stereocenters. The van der Waals surface area contributed by atoms with E-state index in [2.05, 4.69) is 31.3 Å². The highest BCUT2D eigenvalue weighted by Gasteiger charge is 2.08. The summed E-state index contributed by atoms with van der Waals surface area (Å²) in [5.74, 6) is 0.791. The molecule has 0 bridgehead atoms. The van der Waals surface area contributed by atoms with Crippen LogP contribution >= 0.6 is 0 Å². The number of carbonyl (C=O) groups excluding carboxylic acids is 1. The van der Waals surface area contributed by atoms with E-state index in [4.69, 9.17) is 4.74 Å². The van der Waals surface area contributed by atoms with Crippen molar-refractivity contribution in [3.8, 4) is 5.75 Å². The lowest BCUT2D eigenvalue weighted by Crippen LogP contribution is -2.17. The Labute approximate surface area is 138 Å². The molecule has 0 fully saturated rings. The van der Waals surface area contributed by atoms with Gasteiger partial charge in [-0.25, -0.2) is 0 Å². The average molecular weight is 311 g/mol. The molecule has 0 aliphatic heterocycles. The Bertz CT molecular complexity index is 647. The number of carbonyl (C=O) groups is 1. The third kappa shape index (κ3) is 4.85. The number of amides is 1. The zero-order valence-electron chi connectivity index (χ0n) is 14.2. The van der Waals surface area contributed by atoms with Gasteiger partial charge in [0.2, 0.25) is 5.91 Å². The number of ether oxygens (including phenoxy) is 1. The van der Waals surface area contributed by atoms with Crippen LogP contribution in [0.1, 0.15) is 37.0 Å². The minimum atomic E-state index is -0.0146. The summed E-state index contributed by atoms with van der Waals surface area (Å²) in [6.07, 6.45) is 2.25. The molecule has 3 nitrogen and oxygen atoms in total. The highest BCUT2D eigenvalue weighted by Crippen LogP contribution is 2.21. The van der Waals surface area contributed by atoms with Crippen LogP contribution < -0.4 is 10.1 Å². The molecule has 2 aromatic carbocycles. The molecule has 1 N–H and O–H groups in total. The van der Waals surface area contributed by atoms with Gasteiger partial charge in [-0.3, -0.25) is 4.79 Å². The van der Waals surface area contributed by atoms with Gasteiger partial charge in [0.1, 0.15) is 5.75 Å². The number of anilines is 1. The van der Waals surface area contributed by atoms with Crippen molar-refractivity contribution in [2.24, 2.45) is 0 Å². The van der Waals surface area contributed by atoms with Gasteiger partial charge < -0.3 is 10.1 Å². The van der Waals surface area contributed by atoms with Gasteiger partial charge in [0.25, 0.3) is 0 Å². The lowest BCUT2D eigenvalue weighted by Gasteiger charge is -2.13. The fourth-order valence-electron chi connectivity index (χ4n) is 2.49. The van der Waals surface area contributed by atoms with Crippen LogP contribution in [0.3, 0.4) is 0 Å². The number of benzene rings is 2. The van der Waals surface area contributed by atoms with Gasteiger partial charge in [0, 0.05) is 5.69 Å². The van der Waals surface area contributed by atoms with E-state index in [1.54, 1.807) is 0 Å². The van der Waals surface area contributed by atoms with E-state index in [0.29, 0.717) is 13.0 Å². The van der Waals surface area contributed by atoms with Gasteiger partial charge >= 0.3 is 0 Å². The lowest BCUT2D eigenvalue weighted by molar-refractivity contribution is -0.116. The second-order valence-corrected chi connectivity index (χ2v) is 5.61. The fraction of sp³-hybridized carbons (Fsp3) is 0.350. The third-order valence-electron chi connectivity index (χ3n) is 3.93. The average Bonchev–Trinajstić information content (AvgIpc) is 2.57. The van der Waals surface area contributed by atoms with E-state index in [0.717, 1.165) is 35.4 Å². The van der Waals surface area contributed by atoms with Crippen molar-refractivity contribution in [3.63, 3.8) is 0 Å². The minimum absolute atomic E-state index is 0.0146. The number of para-hydroxylation sites is 1. The maximum Gasteiger partial charge on any atom is 0.227 e. The highest BCUT2D eigenvalue weighted by molar-refractivity contribution is 5.92. The van der Waals surface area contributed by atoms with Gasteiger partial charge in [-0.1, -0.05) is 44.2 Å². The van der Waals surface area contributed by atoms with Crippen LogP contribution in [0, 0.1) is 6.92 Å². The Morgan fingerprint density at radius 1 is 1.04 bits per heavy atom. The molecule has 0 aliphatic carbocycles. The molecule has 23 heavy (non-hydrogen) atoms. The second-order valence-electron chi connectivity index (χ2n) is 5.61. The summed E-state index contributed by atoms with van der Waals surface area (Å²) in [6.45, 7) is 6.61. The number of rotatable bonds is 7. The predicted molar refractivity (Wildman–Crippen MR) is 95.1 cm³/mol. The first kappa shape index (κ1) is 17.1. The lowest BCUT2D eigenvalue weighted by atomic mass is 10.1. The van der Waals surface area contributed by atoms with Crippen LogP contribution in [0.4, 0.5) is 5.69 Å². The molecule has 0 unspecified atom stereocenters. The van der Waals surface area contributed by atoms with Gasteiger partial charge in [0.15, 0.2) is 0 Å². The first-order valence-electron chi connectivity index (χ1n) is 8.24. The minimum Gasteiger partial charge on any atom is -0.493 e. The number of hydrogen-bond donors (Lipinski definition) is 1. The Morgan fingerprint density at radius 3 is 2.43 bits per heavy atom. The van der Waals surface area contributed by atoms with Crippen molar-refractivity contribution in [1.82, 2.24) is 0 Å². The molecule has 0 radical (unpaired) electrons. The Hall–Kier alpha value is -2.29. The second kappa shape index (κ2) is 8.37. The summed E-state index contributed by atoms with van der Waals surface area (Å²) < 4.78 is 5.64. The van der Waals surface area contributed by atoms with E-state index < -0.39 is 0 Å². The molecule has 0 heterocycles. The van der Waals surface area contributed by atoms with E-state index in [9.17, 15) is 4.79 Å². The summed E-state index contributed by atoms with van der Waals surface area (Å²) in [5, 5.41) is 3.02. The van der Waals surface area contributed by atoms with Gasteiger partial charge in [-0.15, -0.1) is 0 Å². The van der Waals surface area contributed by atoms with Gasteiger partial charge in [-0.2, -0.15) is 0 Å². The maximum absolute atomic E-state index is 12.1. The number of aryl methyl sites for hydroxylation is 3.